The van der Waals surface area contributed by atoms with Gasteiger partial charge in [-0.1, -0.05) is 72.8 Å². The van der Waals surface area contributed by atoms with Gasteiger partial charge in [0.05, 0.1) is 13.2 Å². The topological polar surface area (TPSA) is 46.5 Å². The van der Waals surface area contributed by atoms with Crippen LogP contribution in [0.25, 0.3) is 0 Å². The highest BCUT2D eigenvalue weighted by molar-refractivity contribution is 5.66. The number of carboxylic acid groups (broad SMARTS) is 1. The Labute approximate surface area is 178 Å². The first-order valence-corrected chi connectivity index (χ1v) is 10.8. The summed E-state index contributed by atoms with van der Waals surface area (Å²) >= 11 is 0. The fraction of sp³-hybridized carbons (Fsp3) is 0.423. The van der Waals surface area contributed by atoms with Crippen LogP contribution in [0, 0.1) is 11.8 Å². The van der Waals surface area contributed by atoms with Gasteiger partial charge in [0.1, 0.15) is 6.17 Å². The molecule has 30 heavy (non-hydrogen) atoms. The number of hydrogen-bond acceptors (Lipinski definition) is 2. The third kappa shape index (κ3) is 6.53. The zero-order valence-corrected chi connectivity index (χ0v) is 17.3. The molecule has 0 amide bonds. The van der Waals surface area contributed by atoms with E-state index in [2.05, 4.69) is 12.1 Å². The van der Waals surface area contributed by atoms with Crippen molar-refractivity contribution in [1.29, 1.82) is 0 Å². The third-order valence-corrected chi connectivity index (χ3v) is 6.00. The van der Waals surface area contributed by atoms with Gasteiger partial charge in [-0.3, -0.25) is 4.79 Å². The summed E-state index contributed by atoms with van der Waals surface area (Å²) in [5.74, 6) is -0.580. The number of carboxylic acids is 1. The summed E-state index contributed by atoms with van der Waals surface area (Å²) < 4.78 is 21.1. The molecule has 1 N–H and O–H groups in total. The molecule has 1 fully saturated rings. The van der Waals surface area contributed by atoms with Gasteiger partial charge in [0.2, 0.25) is 0 Å². The molecule has 2 aromatic carbocycles. The minimum absolute atomic E-state index is 0.0818. The number of rotatable bonds is 11. The van der Waals surface area contributed by atoms with Crippen molar-refractivity contribution in [2.75, 3.05) is 6.61 Å². The summed E-state index contributed by atoms with van der Waals surface area (Å²) in [5, 5.41) is 8.73. The standard InChI is InChI=1S/C26H31FO3/c27-25-17-23(21-13-7-4-8-14-21)24(19-30-18-20-11-5-3-6-12-20)22(25)15-9-1-2-10-16-26(28)29/h1,3-9,11-14,22-25H,2,10,15-19H2,(H,28,29)/b9-1-/t22-,23?,24-,25+/m0/s1. The zero-order valence-electron chi connectivity index (χ0n) is 17.3. The van der Waals surface area contributed by atoms with Crippen molar-refractivity contribution in [1.82, 2.24) is 0 Å². The van der Waals surface area contributed by atoms with Crippen LogP contribution in [0.3, 0.4) is 0 Å². The molecule has 4 atom stereocenters. The molecule has 3 nitrogen and oxygen atoms in total. The maximum Gasteiger partial charge on any atom is 0.303 e. The van der Waals surface area contributed by atoms with E-state index in [1.807, 2.05) is 60.7 Å². The van der Waals surface area contributed by atoms with Crippen LogP contribution in [0.4, 0.5) is 4.39 Å². The van der Waals surface area contributed by atoms with Crippen LogP contribution in [0.5, 0.6) is 0 Å². The Morgan fingerprint density at radius 2 is 1.73 bits per heavy atom. The minimum Gasteiger partial charge on any atom is -0.481 e. The lowest BCUT2D eigenvalue weighted by molar-refractivity contribution is -0.137. The SMILES string of the molecule is O=C(O)CCC/C=C\C[C@@H]1[C@H](F)CC(c2ccccc2)[C@H]1COCc1ccccc1. The van der Waals surface area contributed by atoms with E-state index in [1.165, 1.54) is 5.56 Å². The fourth-order valence-corrected chi connectivity index (χ4v) is 4.43. The second-order valence-electron chi connectivity index (χ2n) is 8.09. The lowest BCUT2D eigenvalue weighted by Gasteiger charge is -2.25. The average Bonchev–Trinajstić information content (AvgIpc) is 3.07. The Kier molecular flexibility index (Phi) is 8.64. The molecule has 1 aliphatic rings. The van der Waals surface area contributed by atoms with Gasteiger partial charge in [0, 0.05) is 6.42 Å². The highest BCUT2D eigenvalue weighted by atomic mass is 19.1. The molecule has 0 saturated heterocycles. The Morgan fingerprint density at radius 1 is 1.03 bits per heavy atom. The van der Waals surface area contributed by atoms with Crippen LogP contribution in [0.1, 0.15) is 49.1 Å². The number of carbonyl (C=O) groups is 1. The summed E-state index contributed by atoms with van der Waals surface area (Å²) in [6, 6.07) is 20.3. The number of alkyl halides is 1. The molecule has 0 heterocycles. The van der Waals surface area contributed by atoms with E-state index >= 15 is 4.39 Å². The second-order valence-corrected chi connectivity index (χ2v) is 8.09. The van der Waals surface area contributed by atoms with Gasteiger partial charge in [-0.25, -0.2) is 4.39 Å². The minimum atomic E-state index is -0.857. The normalized spacial score (nSPS) is 23.8. The maximum absolute atomic E-state index is 15.0. The number of unbranched alkanes of at least 4 members (excludes halogenated alkanes) is 1. The lowest BCUT2D eigenvalue weighted by atomic mass is 9.84. The van der Waals surface area contributed by atoms with E-state index in [9.17, 15) is 4.79 Å². The Morgan fingerprint density at radius 3 is 2.43 bits per heavy atom. The molecule has 160 valence electrons. The quantitative estimate of drug-likeness (QED) is 0.356. The van der Waals surface area contributed by atoms with E-state index in [1.54, 1.807) is 0 Å². The predicted octanol–water partition coefficient (Wildman–Crippen LogP) is 6.16. The molecular weight excluding hydrogens is 379 g/mol. The highest BCUT2D eigenvalue weighted by Crippen LogP contribution is 2.47. The summed E-state index contributed by atoms with van der Waals surface area (Å²) in [6.45, 7) is 1.07. The summed E-state index contributed by atoms with van der Waals surface area (Å²) in [4.78, 5) is 10.6. The molecule has 4 heteroatoms. The Balaban J connectivity index is 1.62. The van der Waals surface area contributed by atoms with Crippen LogP contribution in [-0.2, 0) is 16.1 Å². The number of halogens is 1. The molecular formula is C26H31FO3. The van der Waals surface area contributed by atoms with Crippen molar-refractivity contribution in [3.63, 3.8) is 0 Å². The first-order valence-electron chi connectivity index (χ1n) is 10.8. The molecule has 0 bridgehead atoms. The van der Waals surface area contributed by atoms with Crippen LogP contribution < -0.4 is 0 Å². The van der Waals surface area contributed by atoms with Crippen molar-refractivity contribution in [2.24, 2.45) is 11.8 Å². The second kappa shape index (κ2) is 11.7. The summed E-state index contributed by atoms with van der Waals surface area (Å²) in [6.07, 6.45) is 5.86. The third-order valence-electron chi connectivity index (χ3n) is 6.00. The van der Waals surface area contributed by atoms with E-state index in [0.717, 1.165) is 5.56 Å². The first-order chi connectivity index (χ1) is 14.6. The van der Waals surface area contributed by atoms with Crippen molar-refractivity contribution >= 4 is 5.97 Å². The molecule has 1 aliphatic carbocycles. The molecule has 0 aromatic heterocycles. The van der Waals surface area contributed by atoms with E-state index < -0.39 is 12.1 Å². The average molecular weight is 411 g/mol. The monoisotopic (exact) mass is 410 g/mol. The van der Waals surface area contributed by atoms with Crippen LogP contribution >= 0.6 is 0 Å². The first kappa shape index (κ1) is 22.2. The van der Waals surface area contributed by atoms with Crippen LogP contribution in [0.15, 0.2) is 72.8 Å². The van der Waals surface area contributed by atoms with E-state index in [4.69, 9.17) is 9.84 Å². The molecule has 1 saturated carbocycles. The Bertz CT molecular complexity index is 790. The molecule has 0 radical (unpaired) electrons. The van der Waals surface area contributed by atoms with Crippen molar-refractivity contribution in [3.05, 3.63) is 83.9 Å². The van der Waals surface area contributed by atoms with Gasteiger partial charge >= 0.3 is 5.97 Å². The van der Waals surface area contributed by atoms with Gasteiger partial charge in [-0.05, 0) is 54.6 Å². The predicted molar refractivity (Wildman–Crippen MR) is 117 cm³/mol. The van der Waals surface area contributed by atoms with E-state index in [0.29, 0.717) is 38.9 Å². The van der Waals surface area contributed by atoms with Gasteiger partial charge in [-0.2, -0.15) is 0 Å². The number of benzene rings is 2. The molecule has 3 rings (SSSR count). The van der Waals surface area contributed by atoms with Gasteiger partial charge < -0.3 is 9.84 Å². The van der Waals surface area contributed by atoms with Crippen molar-refractivity contribution < 1.29 is 19.0 Å². The molecule has 0 spiro atoms. The summed E-state index contributed by atoms with van der Waals surface area (Å²) in [5.41, 5.74) is 2.31. The van der Waals surface area contributed by atoms with Crippen molar-refractivity contribution in [2.45, 2.75) is 50.8 Å². The molecule has 0 aliphatic heterocycles. The fourth-order valence-electron chi connectivity index (χ4n) is 4.43. The van der Waals surface area contributed by atoms with Gasteiger partial charge in [0.25, 0.3) is 0 Å². The zero-order chi connectivity index (χ0) is 21.2. The summed E-state index contributed by atoms with van der Waals surface area (Å²) in [7, 11) is 0. The van der Waals surface area contributed by atoms with Crippen molar-refractivity contribution in [3.8, 4) is 0 Å². The van der Waals surface area contributed by atoms with Crippen LogP contribution in [0.2, 0.25) is 0 Å². The van der Waals surface area contributed by atoms with Gasteiger partial charge in [0.15, 0.2) is 0 Å². The molecule has 1 unspecified atom stereocenters. The van der Waals surface area contributed by atoms with Gasteiger partial charge in [-0.15, -0.1) is 0 Å². The smallest absolute Gasteiger partial charge is 0.303 e. The maximum atomic E-state index is 15.0. The highest BCUT2D eigenvalue weighted by Gasteiger charge is 2.43. The molecule has 2 aromatic rings. The largest absolute Gasteiger partial charge is 0.481 e. The lowest BCUT2D eigenvalue weighted by Crippen LogP contribution is -2.22. The van der Waals surface area contributed by atoms with Crippen LogP contribution in [-0.4, -0.2) is 23.9 Å². The van der Waals surface area contributed by atoms with E-state index in [-0.39, 0.29) is 24.2 Å². The number of allylic oxidation sites excluding steroid dienone is 2. The Hall–Kier alpha value is -2.46. The number of aliphatic carboxylic acids is 1. The number of ether oxygens (including phenoxy) is 1. The number of hydrogen-bond donors (Lipinski definition) is 1.